The third-order valence-corrected chi connectivity index (χ3v) is 3.63. The largest absolute Gasteiger partial charge is 0.296 e. The minimum atomic E-state index is -3.78. The molecule has 0 amide bonds. The van der Waals surface area contributed by atoms with E-state index in [0.29, 0.717) is 12.8 Å². The Morgan fingerprint density at radius 2 is 1.83 bits per heavy atom. The SMILES string of the molecule is C#CCCCCCOS(=O)(=O)c1ccc(F)cc1. The molecule has 1 aromatic carbocycles. The zero-order valence-electron chi connectivity index (χ0n) is 9.93. The molecule has 0 saturated carbocycles. The van der Waals surface area contributed by atoms with Gasteiger partial charge in [-0.3, -0.25) is 4.18 Å². The Morgan fingerprint density at radius 3 is 2.44 bits per heavy atom. The lowest BCUT2D eigenvalue weighted by Gasteiger charge is -2.05. The zero-order chi connectivity index (χ0) is 13.4. The van der Waals surface area contributed by atoms with Crippen molar-refractivity contribution in [2.75, 3.05) is 6.61 Å². The fourth-order valence-corrected chi connectivity index (χ4v) is 2.29. The van der Waals surface area contributed by atoms with E-state index in [0.717, 1.165) is 25.0 Å². The molecule has 1 aromatic rings. The van der Waals surface area contributed by atoms with Crippen molar-refractivity contribution < 1.29 is 17.0 Å². The Kier molecular flexibility index (Phi) is 5.83. The summed E-state index contributed by atoms with van der Waals surface area (Å²) < 4.78 is 40.8. The van der Waals surface area contributed by atoms with Crippen molar-refractivity contribution in [3.8, 4) is 12.3 Å². The number of terminal acetylenes is 1. The minimum Gasteiger partial charge on any atom is -0.266 e. The Hall–Kier alpha value is -1.38. The van der Waals surface area contributed by atoms with Crippen LogP contribution in [0.3, 0.4) is 0 Å². The van der Waals surface area contributed by atoms with Gasteiger partial charge in [0.25, 0.3) is 10.1 Å². The summed E-state index contributed by atoms with van der Waals surface area (Å²) in [5.74, 6) is 2.03. The van der Waals surface area contributed by atoms with E-state index in [-0.39, 0.29) is 11.5 Å². The van der Waals surface area contributed by atoms with Crippen LogP contribution in [0.5, 0.6) is 0 Å². The molecule has 0 spiro atoms. The summed E-state index contributed by atoms with van der Waals surface area (Å²) in [4.78, 5) is -0.0347. The highest BCUT2D eigenvalue weighted by atomic mass is 32.2. The van der Waals surface area contributed by atoms with Gasteiger partial charge in [0, 0.05) is 6.42 Å². The van der Waals surface area contributed by atoms with Crippen LogP contribution in [0.25, 0.3) is 0 Å². The van der Waals surface area contributed by atoms with E-state index in [9.17, 15) is 12.8 Å². The molecule has 0 unspecified atom stereocenters. The number of halogens is 1. The van der Waals surface area contributed by atoms with Crippen molar-refractivity contribution >= 4 is 10.1 Å². The predicted molar refractivity (Wildman–Crippen MR) is 66.8 cm³/mol. The number of hydrogen-bond acceptors (Lipinski definition) is 3. The molecule has 3 nitrogen and oxygen atoms in total. The van der Waals surface area contributed by atoms with Crippen LogP contribution in [0.15, 0.2) is 29.2 Å². The van der Waals surface area contributed by atoms with Crippen LogP contribution in [0.4, 0.5) is 4.39 Å². The van der Waals surface area contributed by atoms with Crippen molar-refractivity contribution in [1.29, 1.82) is 0 Å². The summed E-state index contributed by atoms with van der Waals surface area (Å²) in [5.41, 5.74) is 0. The molecule has 0 aromatic heterocycles. The Balaban J connectivity index is 2.41. The first-order chi connectivity index (χ1) is 8.56. The van der Waals surface area contributed by atoms with Gasteiger partial charge in [-0.1, -0.05) is 6.42 Å². The number of unbranched alkanes of at least 4 members (excludes halogenated alkanes) is 3. The highest BCUT2D eigenvalue weighted by molar-refractivity contribution is 7.86. The van der Waals surface area contributed by atoms with E-state index in [1.165, 1.54) is 12.1 Å². The maximum Gasteiger partial charge on any atom is 0.296 e. The molecule has 0 radical (unpaired) electrons. The average Bonchev–Trinajstić information content (AvgIpc) is 2.34. The van der Waals surface area contributed by atoms with Gasteiger partial charge >= 0.3 is 0 Å². The number of rotatable bonds is 7. The van der Waals surface area contributed by atoms with Gasteiger partial charge in [-0.25, -0.2) is 4.39 Å². The van der Waals surface area contributed by atoms with Crippen molar-refractivity contribution in [2.24, 2.45) is 0 Å². The quantitative estimate of drug-likeness (QED) is 0.434. The van der Waals surface area contributed by atoms with Crippen LogP contribution in [0.1, 0.15) is 25.7 Å². The topological polar surface area (TPSA) is 43.4 Å². The van der Waals surface area contributed by atoms with Crippen molar-refractivity contribution in [3.05, 3.63) is 30.1 Å². The van der Waals surface area contributed by atoms with Crippen LogP contribution in [0.2, 0.25) is 0 Å². The zero-order valence-corrected chi connectivity index (χ0v) is 10.7. The molecule has 0 atom stereocenters. The summed E-state index contributed by atoms with van der Waals surface area (Å²) in [6.45, 7) is 0.115. The van der Waals surface area contributed by atoms with Gasteiger partial charge in [0.2, 0.25) is 0 Å². The lowest BCUT2D eigenvalue weighted by molar-refractivity contribution is 0.307. The van der Waals surface area contributed by atoms with Crippen molar-refractivity contribution in [3.63, 3.8) is 0 Å². The Bertz CT molecular complexity index is 500. The second-order valence-electron chi connectivity index (χ2n) is 3.74. The van der Waals surface area contributed by atoms with Gasteiger partial charge in [0.1, 0.15) is 5.82 Å². The molecule has 0 aliphatic heterocycles. The van der Waals surface area contributed by atoms with Gasteiger partial charge in [0.05, 0.1) is 11.5 Å². The number of hydrogen-bond donors (Lipinski definition) is 0. The molecule has 0 aliphatic rings. The van der Waals surface area contributed by atoms with E-state index >= 15 is 0 Å². The van der Waals surface area contributed by atoms with Crippen LogP contribution in [-0.4, -0.2) is 15.0 Å². The first-order valence-corrected chi connectivity index (χ1v) is 7.05. The van der Waals surface area contributed by atoms with Gasteiger partial charge in [-0.15, -0.1) is 12.3 Å². The van der Waals surface area contributed by atoms with Crippen molar-refractivity contribution in [1.82, 2.24) is 0 Å². The van der Waals surface area contributed by atoms with Crippen molar-refractivity contribution in [2.45, 2.75) is 30.6 Å². The van der Waals surface area contributed by atoms with E-state index in [4.69, 9.17) is 10.6 Å². The molecule has 5 heteroatoms. The van der Waals surface area contributed by atoms with Crippen LogP contribution >= 0.6 is 0 Å². The second-order valence-corrected chi connectivity index (χ2v) is 5.36. The molecule has 1 rings (SSSR count). The maximum atomic E-state index is 12.6. The highest BCUT2D eigenvalue weighted by Crippen LogP contribution is 2.13. The molecule has 0 bridgehead atoms. The van der Waals surface area contributed by atoms with E-state index < -0.39 is 15.9 Å². The molecule has 0 N–H and O–H groups in total. The summed E-state index contributed by atoms with van der Waals surface area (Å²) >= 11 is 0. The molecule has 98 valence electrons. The molecule has 0 fully saturated rings. The van der Waals surface area contributed by atoms with Gasteiger partial charge in [0.15, 0.2) is 0 Å². The fourth-order valence-electron chi connectivity index (χ4n) is 1.34. The lowest BCUT2D eigenvalue weighted by Crippen LogP contribution is -2.07. The second kappa shape index (κ2) is 7.14. The minimum absolute atomic E-state index is 0.0347. The van der Waals surface area contributed by atoms with Crippen LogP contribution < -0.4 is 0 Å². The summed E-state index contributed by atoms with van der Waals surface area (Å²) in [5, 5.41) is 0. The molecule has 0 saturated heterocycles. The fraction of sp³-hybridized carbons (Fsp3) is 0.385. The van der Waals surface area contributed by atoms with E-state index in [1.807, 2.05) is 0 Å². The Labute approximate surface area is 107 Å². The van der Waals surface area contributed by atoms with Gasteiger partial charge in [-0.2, -0.15) is 8.42 Å². The average molecular weight is 270 g/mol. The van der Waals surface area contributed by atoms with E-state index in [1.54, 1.807) is 0 Å². The molecular formula is C13H15FO3S. The maximum absolute atomic E-state index is 12.6. The van der Waals surface area contributed by atoms with Crippen LogP contribution in [-0.2, 0) is 14.3 Å². The summed E-state index contributed by atoms with van der Waals surface area (Å²) in [7, 11) is -3.78. The third kappa shape index (κ3) is 4.86. The number of benzene rings is 1. The Morgan fingerprint density at radius 1 is 1.17 bits per heavy atom. The first kappa shape index (κ1) is 14.7. The molecule has 0 heterocycles. The molecular weight excluding hydrogens is 255 g/mol. The molecule has 0 aliphatic carbocycles. The monoisotopic (exact) mass is 270 g/mol. The van der Waals surface area contributed by atoms with Crippen LogP contribution in [0, 0.1) is 18.2 Å². The standard InChI is InChI=1S/C13H15FO3S/c1-2-3-4-5-6-11-17-18(15,16)13-9-7-12(14)8-10-13/h1,7-10H,3-6,11H2. The first-order valence-electron chi connectivity index (χ1n) is 5.65. The van der Waals surface area contributed by atoms with E-state index in [2.05, 4.69) is 5.92 Å². The highest BCUT2D eigenvalue weighted by Gasteiger charge is 2.14. The summed E-state index contributed by atoms with van der Waals surface area (Å²) in [6, 6.07) is 4.54. The smallest absolute Gasteiger partial charge is 0.266 e. The van der Waals surface area contributed by atoms with Gasteiger partial charge in [-0.05, 0) is 37.1 Å². The normalized spacial score (nSPS) is 11.1. The predicted octanol–water partition coefficient (Wildman–Crippen LogP) is 2.72. The van der Waals surface area contributed by atoms with Gasteiger partial charge < -0.3 is 0 Å². The molecule has 18 heavy (non-hydrogen) atoms. The summed E-state index contributed by atoms with van der Waals surface area (Å²) in [6.07, 6.45) is 8.09. The third-order valence-electron chi connectivity index (χ3n) is 2.31. The lowest BCUT2D eigenvalue weighted by atomic mass is 10.2.